The number of hydrogen-bond acceptors (Lipinski definition) is 4. The second-order valence-electron chi connectivity index (χ2n) is 4.99. The Bertz CT molecular complexity index is 361. The molecule has 0 spiro atoms. The minimum Gasteiger partial charge on any atom is -0.308 e. The van der Waals surface area contributed by atoms with Crippen LogP contribution in [-0.2, 0) is 0 Å². The molecule has 1 aromatic heterocycles. The van der Waals surface area contributed by atoms with Crippen LogP contribution < -0.4 is 5.32 Å². The molecule has 0 aromatic carbocycles. The SMILES string of the molecule is CC(NCCN1CCN(C)CC1)c1cc(Br)cs1. The van der Waals surface area contributed by atoms with E-state index in [1.165, 1.54) is 35.5 Å². The van der Waals surface area contributed by atoms with Crippen LogP contribution >= 0.6 is 27.3 Å². The van der Waals surface area contributed by atoms with E-state index in [-0.39, 0.29) is 0 Å². The lowest BCUT2D eigenvalue weighted by molar-refractivity contribution is 0.154. The van der Waals surface area contributed by atoms with Gasteiger partial charge in [0, 0.05) is 60.0 Å². The van der Waals surface area contributed by atoms with Crippen LogP contribution in [-0.4, -0.2) is 56.1 Å². The van der Waals surface area contributed by atoms with E-state index in [9.17, 15) is 0 Å². The third-order valence-electron chi connectivity index (χ3n) is 3.49. The summed E-state index contributed by atoms with van der Waals surface area (Å²) in [7, 11) is 2.20. The van der Waals surface area contributed by atoms with E-state index in [4.69, 9.17) is 0 Å². The molecular formula is C13H22BrN3S. The van der Waals surface area contributed by atoms with E-state index in [0.29, 0.717) is 6.04 Å². The Hall–Kier alpha value is 0.0600. The first-order chi connectivity index (χ1) is 8.65. The summed E-state index contributed by atoms with van der Waals surface area (Å²) in [5, 5.41) is 5.75. The summed E-state index contributed by atoms with van der Waals surface area (Å²) in [5.41, 5.74) is 0. The highest BCUT2D eigenvalue weighted by Crippen LogP contribution is 2.25. The molecule has 1 saturated heterocycles. The Balaban J connectivity index is 1.66. The van der Waals surface area contributed by atoms with Gasteiger partial charge < -0.3 is 10.2 Å². The van der Waals surface area contributed by atoms with E-state index in [1.807, 2.05) is 11.3 Å². The van der Waals surface area contributed by atoms with E-state index < -0.39 is 0 Å². The van der Waals surface area contributed by atoms with Crippen molar-refractivity contribution in [2.45, 2.75) is 13.0 Å². The maximum atomic E-state index is 3.61. The van der Waals surface area contributed by atoms with Gasteiger partial charge in [-0.15, -0.1) is 11.3 Å². The van der Waals surface area contributed by atoms with Gasteiger partial charge in [0.25, 0.3) is 0 Å². The summed E-state index contributed by atoms with van der Waals surface area (Å²) in [5.74, 6) is 0. The van der Waals surface area contributed by atoms with Gasteiger partial charge in [0.05, 0.1) is 0 Å². The molecule has 1 atom stereocenters. The number of rotatable bonds is 5. The van der Waals surface area contributed by atoms with Crippen molar-refractivity contribution in [1.82, 2.24) is 15.1 Å². The summed E-state index contributed by atoms with van der Waals surface area (Å²) in [6.07, 6.45) is 0. The molecule has 0 saturated carbocycles. The van der Waals surface area contributed by atoms with E-state index >= 15 is 0 Å². The van der Waals surface area contributed by atoms with Crippen LogP contribution in [0.15, 0.2) is 15.9 Å². The van der Waals surface area contributed by atoms with Gasteiger partial charge in [-0.2, -0.15) is 0 Å². The number of halogens is 1. The topological polar surface area (TPSA) is 18.5 Å². The molecule has 2 heterocycles. The number of nitrogens with zero attached hydrogens (tertiary/aromatic N) is 2. The lowest BCUT2D eigenvalue weighted by Crippen LogP contribution is -2.46. The number of thiophene rings is 1. The zero-order valence-electron chi connectivity index (χ0n) is 11.2. The van der Waals surface area contributed by atoms with E-state index in [2.05, 4.69) is 56.5 Å². The molecule has 3 nitrogen and oxygen atoms in total. The standard InChI is InChI=1S/C13H22BrN3S/c1-11(13-9-12(14)10-18-13)15-3-4-17-7-5-16(2)6-8-17/h9-11,15H,3-8H2,1-2H3. The van der Waals surface area contributed by atoms with Gasteiger partial charge in [-0.3, -0.25) is 4.90 Å². The van der Waals surface area contributed by atoms with Crippen LogP contribution in [0.2, 0.25) is 0 Å². The monoisotopic (exact) mass is 331 g/mol. The van der Waals surface area contributed by atoms with Gasteiger partial charge in [0.15, 0.2) is 0 Å². The lowest BCUT2D eigenvalue weighted by Gasteiger charge is -2.32. The number of piperazine rings is 1. The van der Waals surface area contributed by atoms with Gasteiger partial charge >= 0.3 is 0 Å². The Morgan fingerprint density at radius 3 is 2.72 bits per heavy atom. The van der Waals surface area contributed by atoms with Crippen molar-refractivity contribution in [3.63, 3.8) is 0 Å². The van der Waals surface area contributed by atoms with Gasteiger partial charge in [0.1, 0.15) is 0 Å². The van der Waals surface area contributed by atoms with Crippen molar-refractivity contribution in [3.05, 3.63) is 20.8 Å². The molecule has 102 valence electrons. The van der Waals surface area contributed by atoms with Crippen LogP contribution in [0.4, 0.5) is 0 Å². The zero-order chi connectivity index (χ0) is 13.0. The highest BCUT2D eigenvalue weighted by molar-refractivity contribution is 9.10. The minimum absolute atomic E-state index is 0.453. The minimum atomic E-state index is 0.453. The fourth-order valence-electron chi connectivity index (χ4n) is 2.17. The number of hydrogen-bond donors (Lipinski definition) is 1. The van der Waals surface area contributed by atoms with Crippen LogP contribution in [0.1, 0.15) is 17.8 Å². The Morgan fingerprint density at radius 1 is 1.39 bits per heavy atom. The average molecular weight is 332 g/mol. The van der Waals surface area contributed by atoms with Crippen LogP contribution in [0, 0.1) is 0 Å². The molecular weight excluding hydrogens is 310 g/mol. The lowest BCUT2D eigenvalue weighted by atomic mass is 10.2. The largest absolute Gasteiger partial charge is 0.308 e. The maximum absolute atomic E-state index is 3.61. The summed E-state index contributed by atoms with van der Waals surface area (Å²) in [6, 6.07) is 2.66. The third kappa shape index (κ3) is 4.31. The molecule has 0 bridgehead atoms. The first-order valence-electron chi connectivity index (χ1n) is 6.53. The summed E-state index contributed by atoms with van der Waals surface area (Å²) >= 11 is 5.32. The second-order valence-corrected chi connectivity index (χ2v) is 6.85. The number of likely N-dealkylation sites (N-methyl/N-ethyl adjacent to an activating group) is 1. The third-order valence-corrected chi connectivity index (χ3v) is 5.37. The first kappa shape index (κ1) is 14.5. The molecule has 1 fully saturated rings. The zero-order valence-corrected chi connectivity index (χ0v) is 13.6. The molecule has 1 N–H and O–H groups in total. The molecule has 2 rings (SSSR count). The van der Waals surface area contributed by atoms with Crippen molar-refractivity contribution in [1.29, 1.82) is 0 Å². The van der Waals surface area contributed by atoms with Crippen LogP contribution in [0.25, 0.3) is 0 Å². The molecule has 1 unspecified atom stereocenters. The fourth-order valence-corrected chi connectivity index (χ4v) is 3.64. The second kappa shape index (κ2) is 7.01. The summed E-state index contributed by atoms with van der Waals surface area (Å²) < 4.78 is 1.19. The quantitative estimate of drug-likeness (QED) is 0.893. The predicted octanol–water partition coefficient (Wildman–Crippen LogP) is 2.41. The smallest absolute Gasteiger partial charge is 0.0386 e. The Morgan fingerprint density at radius 2 is 2.11 bits per heavy atom. The first-order valence-corrected chi connectivity index (χ1v) is 8.20. The van der Waals surface area contributed by atoms with Crippen LogP contribution in [0.5, 0.6) is 0 Å². The highest BCUT2D eigenvalue weighted by Gasteiger charge is 2.13. The summed E-state index contributed by atoms with van der Waals surface area (Å²) in [6.45, 7) is 9.28. The van der Waals surface area contributed by atoms with Gasteiger partial charge in [-0.05, 0) is 36.0 Å². The summed E-state index contributed by atoms with van der Waals surface area (Å²) in [4.78, 5) is 6.35. The average Bonchev–Trinajstić information content (AvgIpc) is 2.78. The van der Waals surface area contributed by atoms with Crippen molar-refractivity contribution in [2.24, 2.45) is 0 Å². The van der Waals surface area contributed by atoms with Crippen molar-refractivity contribution in [3.8, 4) is 0 Å². The molecule has 5 heteroatoms. The predicted molar refractivity (Wildman–Crippen MR) is 82.4 cm³/mol. The van der Waals surface area contributed by atoms with Gasteiger partial charge in [-0.25, -0.2) is 0 Å². The maximum Gasteiger partial charge on any atom is 0.0386 e. The molecule has 0 amide bonds. The van der Waals surface area contributed by atoms with Crippen molar-refractivity contribution < 1.29 is 0 Å². The normalized spacial score (nSPS) is 20.2. The molecule has 18 heavy (non-hydrogen) atoms. The molecule has 0 radical (unpaired) electrons. The van der Waals surface area contributed by atoms with E-state index in [0.717, 1.165) is 13.1 Å². The van der Waals surface area contributed by atoms with Gasteiger partial charge in [-0.1, -0.05) is 0 Å². The highest BCUT2D eigenvalue weighted by atomic mass is 79.9. The fraction of sp³-hybridized carbons (Fsp3) is 0.692. The Labute approximate surface area is 122 Å². The number of nitrogens with one attached hydrogen (secondary N) is 1. The van der Waals surface area contributed by atoms with Crippen molar-refractivity contribution >= 4 is 27.3 Å². The molecule has 0 aliphatic carbocycles. The van der Waals surface area contributed by atoms with Crippen molar-refractivity contribution in [2.75, 3.05) is 46.3 Å². The Kier molecular flexibility index (Phi) is 5.63. The van der Waals surface area contributed by atoms with Gasteiger partial charge in [0.2, 0.25) is 0 Å². The van der Waals surface area contributed by atoms with Crippen LogP contribution in [0.3, 0.4) is 0 Å². The molecule has 1 aromatic rings. The van der Waals surface area contributed by atoms with E-state index in [1.54, 1.807) is 0 Å². The molecule has 1 aliphatic rings. The molecule has 1 aliphatic heterocycles.